The third kappa shape index (κ3) is 2.65. The quantitative estimate of drug-likeness (QED) is 0.704. The molecule has 0 aliphatic heterocycles. The van der Waals surface area contributed by atoms with Gasteiger partial charge in [-0.3, -0.25) is 4.79 Å². The van der Waals surface area contributed by atoms with Crippen molar-refractivity contribution >= 4 is 16.8 Å². The molecule has 1 amide bonds. The normalized spacial score (nSPS) is 12.6. The molecule has 0 bridgehead atoms. The number of carbonyl (C=O) groups excluding carboxylic acids is 1. The number of carbonyl (C=O) groups is 1. The lowest BCUT2D eigenvalue weighted by molar-refractivity contribution is -0.355. The van der Waals surface area contributed by atoms with Gasteiger partial charge >= 0.3 is 0 Å². The van der Waals surface area contributed by atoms with Gasteiger partial charge in [-0.1, -0.05) is 18.2 Å². The fourth-order valence-corrected chi connectivity index (χ4v) is 2.03. The van der Waals surface area contributed by atoms with E-state index in [1.54, 1.807) is 0 Å². The van der Waals surface area contributed by atoms with Crippen molar-refractivity contribution < 1.29 is 10.5 Å². The minimum atomic E-state index is -0.00246. The van der Waals surface area contributed by atoms with Crippen molar-refractivity contribution in [1.29, 1.82) is 0 Å². The second kappa shape index (κ2) is 5.01. The van der Waals surface area contributed by atoms with Crippen molar-refractivity contribution in [2.75, 3.05) is 6.54 Å². The highest BCUT2D eigenvalue weighted by Gasteiger charge is 2.10. The second-order valence-electron chi connectivity index (χ2n) is 4.28. The van der Waals surface area contributed by atoms with E-state index < -0.39 is 0 Å². The lowest BCUT2D eigenvalue weighted by atomic mass is 10.1. The van der Waals surface area contributed by atoms with Crippen LogP contribution in [0.1, 0.15) is 12.5 Å². The van der Waals surface area contributed by atoms with Gasteiger partial charge in [0.2, 0.25) is 0 Å². The third-order valence-electron chi connectivity index (χ3n) is 2.84. The predicted octanol–water partition coefficient (Wildman–Crippen LogP) is 0.457. The SMILES string of the molecule is C[C@@H](Cc1c[nH]c2ccccc12)NC(=O)C[NH3+]. The average molecular weight is 232 g/mol. The first-order chi connectivity index (χ1) is 8.20. The molecule has 0 aliphatic carbocycles. The van der Waals surface area contributed by atoms with Gasteiger partial charge in [0, 0.05) is 23.1 Å². The zero-order valence-electron chi connectivity index (χ0n) is 9.99. The lowest BCUT2D eigenvalue weighted by Gasteiger charge is -2.11. The first kappa shape index (κ1) is 11.7. The Morgan fingerprint density at radius 2 is 2.24 bits per heavy atom. The van der Waals surface area contributed by atoms with Crippen LogP contribution in [0.2, 0.25) is 0 Å². The van der Waals surface area contributed by atoms with E-state index in [0.29, 0.717) is 0 Å². The van der Waals surface area contributed by atoms with Crippen LogP contribution in [0.5, 0.6) is 0 Å². The molecule has 1 aromatic heterocycles. The number of H-pyrrole nitrogens is 1. The summed E-state index contributed by atoms with van der Waals surface area (Å²) >= 11 is 0. The topological polar surface area (TPSA) is 72.5 Å². The summed E-state index contributed by atoms with van der Waals surface area (Å²) in [4.78, 5) is 14.5. The highest BCUT2D eigenvalue weighted by molar-refractivity contribution is 5.83. The van der Waals surface area contributed by atoms with E-state index in [2.05, 4.69) is 28.2 Å². The van der Waals surface area contributed by atoms with Crippen molar-refractivity contribution in [3.05, 3.63) is 36.0 Å². The number of quaternary nitrogens is 1. The molecule has 1 aromatic carbocycles. The molecule has 5 N–H and O–H groups in total. The Balaban J connectivity index is 2.10. The van der Waals surface area contributed by atoms with Crippen LogP contribution in [0.25, 0.3) is 10.9 Å². The Morgan fingerprint density at radius 3 is 3.00 bits per heavy atom. The lowest BCUT2D eigenvalue weighted by Crippen LogP contribution is -2.58. The smallest absolute Gasteiger partial charge is 0.275 e. The van der Waals surface area contributed by atoms with Gasteiger partial charge in [0.25, 0.3) is 5.91 Å². The van der Waals surface area contributed by atoms with E-state index >= 15 is 0 Å². The number of aromatic amines is 1. The average Bonchev–Trinajstić information content (AvgIpc) is 2.72. The summed E-state index contributed by atoms with van der Waals surface area (Å²) in [5, 5.41) is 4.14. The van der Waals surface area contributed by atoms with E-state index in [4.69, 9.17) is 0 Å². The number of amides is 1. The van der Waals surface area contributed by atoms with Gasteiger partial charge < -0.3 is 16.0 Å². The number of benzene rings is 1. The van der Waals surface area contributed by atoms with E-state index in [1.807, 2.05) is 25.3 Å². The minimum Gasteiger partial charge on any atom is -0.361 e. The van der Waals surface area contributed by atoms with Gasteiger partial charge in [0.1, 0.15) is 0 Å². The molecule has 0 aliphatic rings. The van der Waals surface area contributed by atoms with E-state index in [9.17, 15) is 4.79 Å². The number of aromatic nitrogens is 1. The molecule has 0 spiro atoms. The number of hydrogen-bond acceptors (Lipinski definition) is 1. The number of nitrogens with one attached hydrogen (secondary N) is 2. The standard InChI is InChI=1S/C13H17N3O/c1-9(16-13(17)7-14)6-10-8-15-12-5-3-2-4-11(10)12/h2-5,8-9,15H,6-7,14H2,1H3,(H,16,17)/p+1/t9-/m0/s1. The van der Waals surface area contributed by atoms with Crippen LogP contribution in [0, 0.1) is 0 Å². The number of hydrogen-bond donors (Lipinski definition) is 3. The molecule has 0 radical (unpaired) electrons. The Morgan fingerprint density at radius 1 is 1.47 bits per heavy atom. The second-order valence-corrected chi connectivity index (χ2v) is 4.28. The van der Waals surface area contributed by atoms with Crippen LogP contribution < -0.4 is 11.1 Å². The van der Waals surface area contributed by atoms with Crippen LogP contribution >= 0.6 is 0 Å². The fourth-order valence-electron chi connectivity index (χ4n) is 2.03. The maximum atomic E-state index is 11.2. The molecule has 0 saturated carbocycles. The van der Waals surface area contributed by atoms with Crippen LogP contribution in [0.3, 0.4) is 0 Å². The monoisotopic (exact) mass is 232 g/mol. The van der Waals surface area contributed by atoms with Crippen LogP contribution in [0.4, 0.5) is 0 Å². The van der Waals surface area contributed by atoms with E-state index in [1.165, 1.54) is 10.9 Å². The Kier molecular flexibility index (Phi) is 3.44. The van der Waals surface area contributed by atoms with Crippen molar-refractivity contribution in [3.8, 4) is 0 Å². The van der Waals surface area contributed by atoms with Crippen molar-refractivity contribution in [2.45, 2.75) is 19.4 Å². The maximum Gasteiger partial charge on any atom is 0.275 e. The maximum absolute atomic E-state index is 11.2. The number of para-hydroxylation sites is 1. The largest absolute Gasteiger partial charge is 0.361 e. The van der Waals surface area contributed by atoms with Gasteiger partial charge in [0.05, 0.1) is 0 Å². The zero-order valence-corrected chi connectivity index (χ0v) is 9.99. The predicted molar refractivity (Wildman–Crippen MR) is 67.4 cm³/mol. The van der Waals surface area contributed by atoms with Gasteiger partial charge in [-0.15, -0.1) is 0 Å². The summed E-state index contributed by atoms with van der Waals surface area (Å²) in [6.07, 6.45) is 2.84. The molecule has 0 saturated heterocycles. The molecular formula is C13H18N3O+. The first-order valence-corrected chi connectivity index (χ1v) is 5.84. The molecular weight excluding hydrogens is 214 g/mol. The van der Waals surface area contributed by atoms with Gasteiger partial charge in [0.15, 0.2) is 6.54 Å². The summed E-state index contributed by atoms with van der Waals surface area (Å²) in [7, 11) is 0. The highest BCUT2D eigenvalue weighted by Crippen LogP contribution is 2.18. The zero-order chi connectivity index (χ0) is 12.3. The number of fused-ring (bicyclic) bond motifs is 1. The molecule has 2 aromatic rings. The molecule has 2 rings (SSSR count). The van der Waals surface area contributed by atoms with Crippen LogP contribution in [-0.2, 0) is 11.2 Å². The van der Waals surface area contributed by atoms with E-state index in [0.717, 1.165) is 11.9 Å². The van der Waals surface area contributed by atoms with Crippen molar-refractivity contribution in [2.24, 2.45) is 0 Å². The summed E-state index contributed by atoms with van der Waals surface area (Å²) in [6, 6.07) is 8.31. The first-order valence-electron chi connectivity index (χ1n) is 5.84. The van der Waals surface area contributed by atoms with E-state index in [-0.39, 0.29) is 18.5 Å². The molecule has 4 heteroatoms. The summed E-state index contributed by atoms with van der Waals surface area (Å²) in [5.41, 5.74) is 5.94. The molecule has 1 heterocycles. The highest BCUT2D eigenvalue weighted by atomic mass is 16.1. The summed E-state index contributed by atoms with van der Waals surface area (Å²) in [5.74, 6) is -0.00246. The summed E-state index contributed by atoms with van der Waals surface area (Å²) < 4.78 is 0. The molecule has 90 valence electrons. The molecule has 1 atom stereocenters. The molecule has 0 fully saturated rings. The number of rotatable bonds is 4. The van der Waals surface area contributed by atoms with Gasteiger partial charge in [-0.05, 0) is 25.0 Å². The Labute approximate surface area is 100 Å². The van der Waals surface area contributed by atoms with Gasteiger partial charge in [-0.25, -0.2) is 0 Å². The summed E-state index contributed by atoms with van der Waals surface area (Å²) in [6.45, 7) is 2.30. The molecule has 17 heavy (non-hydrogen) atoms. The van der Waals surface area contributed by atoms with Crippen molar-refractivity contribution in [3.63, 3.8) is 0 Å². The molecule has 4 nitrogen and oxygen atoms in total. The van der Waals surface area contributed by atoms with Crippen molar-refractivity contribution in [1.82, 2.24) is 10.3 Å². The third-order valence-corrected chi connectivity index (χ3v) is 2.84. The Hall–Kier alpha value is -1.81. The van der Waals surface area contributed by atoms with Crippen LogP contribution in [0.15, 0.2) is 30.5 Å². The van der Waals surface area contributed by atoms with Gasteiger partial charge in [-0.2, -0.15) is 0 Å². The minimum absolute atomic E-state index is 0.00246. The Bertz CT molecular complexity index is 518. The van der Waals surface area contributed by atoms with Crippen LogP contribution in [-0.4, -0.2) is 23.5 Å². The fraction of sp³-hybridized carbons (Fsp3) is 0.308. The molecule has 0 unspecified atom stereocenters.